The Labute approximate surface area is 100.0 Å². The van der Waals surface area contributed by atoms with Crippen LogP contribution in [0.4, 0.5) is 0 Å². The van der Waals surface area contributed by atoms with Crippen LogP contribution in [0.1, 0.15) is 35.2 Å². The van der Waals surface area contributed by atoms with Crippen LogP contribution in [0.5, 0.6) is 0 Å². The van der Waals surface area contributed by atoms with Gasteiger partial charge >= 0.3 is 0 Å². The molecule has 0 bridgehead atoms. The molecule has 1 aromatic carbocycles. The van der Waals surface area contributed by atoms with E-state index in [0.717, 1.165) is 24.2 Å². The predicted octanol–water partition coefficient (Wildman–Crippen LogP) is 2.62. The Morgan fingerprint density at radius 3 is 3.12 bits per heavy atom. The Bertz CT molecular complexity index is 471. The molecule has 3 rings (SSSR count). The summed E-state index contributed by atoms with van der Waals surface area (Å²) in [5.41, 5.74) is 1.97. The van der Waals surface area contributed by atoms with Crippen molar-refractivity contribution >= 4 is 17.4 Å². The molecule has 1 N–H and O–H groups in total. The van der Waals surface area contributed by atoms with E-state index >= 15 is 0 Å². The van der Waals surface area contributed by atoms with Crippen LogP contribution in [0.2, 0.25) is 5.02 Å². The summed E-state index contributed by atoms with van der Waals surface area (Å²) in [5, 5.41) is 4.00. The molecular formula is C13H14ClNO. The molecule has 1 heterocycles. The molecule has 0 unspecified atom stereocenters. The van der Waals surface area contributed by atoms with E-state index in [2.05, 4.69) is 12.2 Å². The van der Waals surface area contributed by atoms with Crippen molar-refractivity contribution in [2.75, 3.05) is 13.1 Å². The molecule has 2 atom stereocenters. The average molecular weight is 236 g/mol. The Morgan fingerprint density at radius 1 is 1.50 bits per heavy atom. The number of carbonyl (C=O) groups excluding carboxylic acids is 1. The highest BCUT2D eigenvalue weighted by Gasteiger charge is 2.46. The first kappa shape index (κ1) is 10.3. The van der Waals surface area contributed by atoms with Gasteiger partial charge in [0.15, 0.2) is 5.78 Å². The number of nitrogens with one attached hydrogen (secondary N) is 1. The maximum atomic E-state index is 12.1. The number of Topliss-reactive ketones (excluding diaryl/α,β-unsaturated/α-hetero) is 1. The van der Waals surface area contributed by atoms with Crippen LogP contribution in [0, 0.1) is 5.41 Å². The first-order valence-corrected chi connectivity index (χ1v) is 6.02. The van der Waals surface area contributed by atoms with Gasteiger partial charge in [0.1, 0.15) is 0 Å². The lowest BCUT2D eigenvalue weighted by atomic mass is 9.66. The molecule has 0 saturated carbocycles. The summed E-state index contributed by atoms with van der Waals surface area (Å²) in [7, 11) is 0. The highest BCUT2D eigenvalue weighted by molar-refractivity contribution is 6.34. The first-order chi connectivity index (χ1) is 7.62. The smallest absolute Gasteiger partial charge is 0.165 e. The van der Waals surface area contributed by atoms with Gasteiger partial charge in [-0.3, -0.25) is 4.79 Å². The summed E-state index contributed by atoms with van der Waals surface area (Å²) in [6.07, 6.45) is 0.612. The second-order valence-corrected chi connectivity index (χ2v) is 5.55. The Morgan fingerprint density at radius 2 is 2.31 bits per heavy atom. The van der Waals surface area contributed by atoms with Gasteiger partial charge in [-0.05, 0) is 17.0 Å². The lowest BCUT2D eigenvalue weighted by Gasteiger charge is -2.36. The molecule has 1 aliphatic heterocycles. The van der Waals surface area contributed by atoms with Crippen LogP contribution in [0.15, 0.2) is 18.2 Å². The quantitative estimate of drug-likeness (QED) is 0.749. The van der Waals surface area contributed by atoms with Gasteiger partial charge in [-0.1, -0.05) is 30.7 Å². The van der Waals surface area contributed by atoms with Gasteiger partial charge in [0.2, 0.25) is 0 Å². The van der Waals surface area contributed by atoms with Crippen molar-refractivity contribution in [3.05, 3.63) is 34.3 Å². The third-order valence-corrected chi connectivity index (χ3v) is 4.30. The summed E-state index contributed by atoms with van der Waals surface area (Å²) < 4.78 is 0. The minimum absolute atomic E-state index is 0.0781. The van der Waals surface area contributed by atoms with Crippen LogP contribution in [-0.2, 0) is 0 Å². The number of benzene rings is 1. The molecule has 3 heteroatoms. The maximum absolute atomic E-state index is 12.1. The molecule has 0 radical (unpaired) electrons. The van der Waals surface area contributed by atoms with Gasteiger partial charge in [-0.15, -0.1) is 0 Å². The van der Waals surface area contributed by atoms with Gasteiger partial charge in [0, 0.05) is 31.0 Å². The number of ketones is 1. The number of halogens is 1. The molecule has 0 aromatic heterocycles. The third kappa shape index (κ3) is 1.26. The number of hydrogen-bond donors (Lipinski definition) is 1. The SMILES string of the molecule is C[C@@]12CNC[C@@H]1c1cccc(Cl)c1C(=O)C2. The molecule has 84 valence electrons. The van der Waals surface area contributed by atoms with Crippen molar-refractivity contribution in [3.8, 4) is 0 Å². The van der Waals surface area contributed by atoms with Gasteiger partial charge in [0.05, 0.1) is 5.02 Å². The zero-order chi connectivity index (χ0) is 11.3. The summed E-state index contributed by atoms with van der Waals surface area (Å²) in [6, 6.07) is 5.80. The van der Waals surface area contributed by atoms with Crippen molar-refractivity contribution in [1.29, 1.82) is 0 Å². The average Bonchev–Trinajstić information content (AvgIpc) is 2.59. The van der Waals surface area contributed by atoms with Gasteiger partial charge in [-0.2, -0.15) is 0 Å². The fourth-order valence-corrected chi connectivity index (χ4v) is 3.41. The predicted molar refractivity (Wildman–Crippen MR) is 64.1 cm³/mol. The zero-order valence-corrected chi connectivity index (χ0v) is 9.97. The Balaban J connectivity index is 2.22. The second kappa shape index (κ2) is 3.31. The number of carbonyl (C=O) groups is 1. The molecule has 0 amide bonds. The third-order valence-electron chi connectivity index (χ3n) is 3.98. The zero-order valence-electron chi connectivity index (χ0n) is 9.22. The lowest BCUT2D eigenvalue weighted by Crippen LogP contribution is -2.33. The van der Waals surface area contributed by atoms with E-state index in [4.69, 9.17) is 11.6 Å². The van der Waals surface area contributed by atoms with Crippen LogP contribution in [0.25, 0.3) is 0 Å². The highest BCUT2D eigenvalue weighted by Crippen LogP contribution is 2.48. The molecule has 16 heavy (non-hydrogen) atoms. The molecule has 1 aromatic rings. The van der Waals surface area contributed by atoms with Crippen LogP contribution < -0.4 is 5.32 Å². The van der Waals surface area contributed by atoms with E-state index in [-0.39, 0.29) is 11.2 Å². The van der Waals surface area contributed by atoms with E-state index in [1.54, 1.807) is 0 Å². The van der Waals surface area contributed by atoms with Gasteiger partial charge in [0.25, 0.3) is 0 Å². The standard InChI is InChI=1S/C13H14ClNO/c1-13-5-11(16)12-8(3-2-4-10(12)14)9(13)6-15-7-13/h2-4,9,15H,5-7H2,1H3/t9-,13-/m1/s1. The molecule has 1 saturated heterocycles. The molecule has 2 nitrogen and oxygen atoms in total. The van der Waals surface area contributed by atoms with E-state index < -0.39 is 0 Å². The summed E-state index contributed by atoms with van der Waals surface area (Å²) >= 11 is 6.13. The first-order valence-electron chi connectivity index (χ1n) is 5.64. The van der Waals surface area contributed by atoms with E-state index in [9.17, 15) is 4.79 Å². The van der Waals surface area contributed by atoms with Crippen LogP contribution in [0.3, 0.4) is 0 Å². The number of fused-ring (bicyclic) bond motifs is 3. The molecule has 1 fully saturated rings. The molecule has 2 aliphatic rings. The van der Waals surface area contributed by atoms with Gasteiger partial charge in [-0.25, -0.2) is 0 Å². The fraction of sp³-hybridized carbons (Fsp3) is 0.462. The van der Waals surface area contributed by atoms with Gasteiger partial charge < -0.3 is 5.32 Å². The molecule has 0 spiro atoms. The largest absolute Gasteiger partial charge is 0.316 e. The minimum Gasteiger partial charge on any atom is -0.316 e. The normalized spacial score (nSPS) is 32.4. The monoisotopic (exact) mass is 235 g/mol. The molecule has 1 aliphatic carbocycles. The number of rotatable bonds is 0. The van der Waals surface area contributed by atoms with Crippen molar-refractivity contribution in [2.24, 2.45) is 5.41 Å². The number of hydrogen-bond acceptors (Lipinski definition) is 2. The van der Waals surface area contributed by atoms with Crippen LogP contribution in [-0.4, -0.2) is 18.9 Å². The second-order valence-electron chi connectivity index (χ2n) is 5.14. The van der Waals surface area contributed by atoms with Crippen molar-refractivity contribution in [3.63, 3.8) is 0 Å². The van der Waals surface area contributed by atoms with E-state index in [1.807, 2.05) is 18.2 Å². The van der Waals surface area contributed by atoms with E-state index in [0.29, 0.717) is 17.4 Å². The lowest BCUT2D eigenvalue weighted by molar-refractivity contribution is 0.0898. The van der Waals surface area contributed by atoms with Crippen molar-refractivity contribution in [2.45, 2.75) is 19.3 Å². The van der Waals surface area contributed by atoms with Crippen molar-refractivity contribution in [1.82, 2.24) is 5.32 Å². The summed E-state index contributed by atoms with van der Waals surface area (Å²) in [6.45, 7) is 4.08. The molecular weight excluding hydrogens is 222 g/mol. The minimum atomic E-state index is 0.0781. The topological polar surface area (TPSA) is 29.1 Å². The van der Waals surface area contributed by atoms with Crippen molar-refractivity contribution < 1.29 is 4.79 Å². The maximum Gasteiger partial charge on any atom is 0.165 e. The van der Waals surface area contributed by atoms with Crippen LogP contribution >= 0.6 is 11.6 Å². The highest BCUT2D eigenvalue weighted by atomic mass is 35.5. The fourth-order valence-electron chi connectivity index (χ4n) is 3.12. The Kier molecular flexibility index (Phi) is 2.13. The van der Waals surface area contributed by atoms with E-state index in [1.165, 1.54) is 0 Å². The summed E-state index contributed by atoms with van der Waals surface area (Å²) in [4.78, 5) is 12.1. The summed E-state index contributed by atoms with van der Waals surface area (Å²) in [5.74, 6) is 0.627. The Hall–Kier alpha value is -0.860.